The number of carbonyl (C=O) groups is 4. The summed E-state index contributed by atoms with van der Waals surface area (Å²) in [6.45, 7) is 3.68. The molecule has 168 valence electrons. The Morgan fingerprint density at radius 3 is 2.09 bits per heavy atom. The van der Waals surface area contributed by atoms with Crippen LogP contribution < -0.4 is 5.32 Å². The number of hydrogen-bond donors (Lipinski definition) is 1. The number of ether oxygens (including phenoxy) is 2. The number of hydrogen-bond acceptors (Lipinski definition) is 7. The summed E-state index contributed by atoms with van der Waals surface area (Å²) < 4.78 is 10.0. The van der Waals surface area contributed by atoms with E-state index in [-0.39, 0.29) is 35.9 Å². The molecule has 8 nitrogen and oxygen atoms in total. The summed E-state index contributed by atoms with van der Waals surface area (Å²) in [6.07, 6.45) is 0. The summed E-state index contributed by atoms with van der Waals surface area (Å²) >= 11 is 1.48. The zero-order chi connectivity index (χ0) is 23.1. The summed E-state index contributed by atoms with van der Waals surface area (Å²) in [5.74, 6) is -1.05. The van der Waals surface area contributed by atoms with E-state index in [1.807, 2.05) is 6.07 Å². The zero-order valence-corrected chi connectivity index (χ0v) is 18.6. The number of carbonyl (C=O) groups excluding carboxylic acids is 4. The molecule has 0 unspecified atom stereocenters. The van der Waals surface area contributed by atoms with Crippen LogP contribution in [0, 0.1) is 0 Å². The lowest BCUT2D eigenvalue weighted by molar-refractivity contribution is -0.119. The highest BCUT2D eigenvalue weighted by molar-refractivity contribution is 7.99. The number of esters is 2. The van der Waals surface area contributed by atoms with E-state index in [1.54, 1.807) is 38.1 Å². The van der Waals surface area contributed by atoms with Crippen molar-refractivity contribution in [1.82, 2.24) is 4.90 Å². The number of nitrogens with zero attached hydrogens (tertiary/aromatic N) is 1. The van der Waals surface area contributed by atoms with E-state index in [1.165, 1.54) is 34.9 Å². The maximum atomic E-state index is 13.0. The minimum absolute atomic E-state index is 0.116. The standard InChI is InChI=1S/C23H24N2O6S/c1-3-30-22(28)16-10-17(23(29)31-4-2)12-18(11-16)24-20(26)19-13-32-14-25(19)21(27)15-8-6-5-7-9-15/h5-12,19H,3-4,13-14H2,1-2H3,(H,24,26)/t19-/m0/s1. The van der Waals surface area contributed by atoms with Gasteiger partial charge in [0.1, 0.15) is 6.04 Å². The van der Waals surface area contributed by atoms with Crippen LogP contribution in [0.4, 0.5) is 5.69 Å². The lowest BCUT2D eigenvalue weighted by Gasteiger charge is -2.23. The highest BCUT2D eigenvalue weighted by atomic mass is 32.2. The number of benzene rings is 2. The highest BCUT2D eigenvalue weighted by Crippen LogP contribution is 2.25. The van der Waals surface area contributed by atoms with E-state index in [2.05, 4.69) is 5.32 Å². The smallest absolute Gasteiger partial charge is 0.338 e. The average Bonchev–Trinajstić information content (AvgIpc) is 3.29. The van der Waals surface area contributed by atoms with E-state index in [0.717, 1.165) is 0 Å². The van der Waals surface area contributed by atoms with Crippen LogP contribution in [-0.4, -0.2) is 59.5 Å². The van der Waals surface area contributed by atoms with Gasteiger partial charge in [-0.2, -0.15) is 0 Å². The maximum absolute atomic E-state index is 13.0. The van der Waals surface area contributed by atoms with Gasteiger partial charge in [0, 0.05) is 17.0 Å². The molecule has 1 saturated heterocycles. The molecule has 3 rings (SSSR count). The van der Waals surface area contributed by atoms with Gasteiger partial charge >= 0.3 is 11.9 Å². The average molecular weight is 457 g/mol. The largest absolute Gasteiger partial charge is 0.462 e. The van der Waals surface area contributed by atoms with E-state index in [0.29, 0.717) is 17.2 Å². The second-order valence-corrected chi connectivity index (χ2v) is 7.89. The van der Waals surface area contributed by atoms with Crippen LogP contribution in [0.3, 0.4) is 0 Å². The molecule has 0 saturated carbocycles. The van der Waals surface area contributed by atoms with Gasteiger partial charge in [-0.3, -0.25) is 9.59 Å². The number of amides is 2. The van der Waals surface area contributed by atoms with Crippen molar-refractivity contribution in [2.24, 2.45) is 0 Å². The van der Waals surface area contributed by atoms with E-state index in [4.69, 9.17) is 9.47 Å². The van der Waals surface area contributed by atoms with Gasteiger partial charge in [-0.05, 0) is 44.2 Å². The van der Waals surface area contributed by atoms with Crippen LogP contribution in [0.5, 0.6) is 0 Å². The normalized spacial score (nSPS) is 15.2. The molecule has 2 amide bonds. The van der Waals surface area contributed by atoms with Gasteiger partial charge in [0.05, 0.1) is 30.2 Å². The first-order chi connectivity index (χ1) is 15.4. The monoisotopic (exact) mass is 456 g/mol. The van der Waals surface area contributed by atoms with Gasteiger partial charge in [-0.25, -0.2) is 9.59 Å². The number of thioether (sulfide) groups is 1. The van der Waals surface area contributed by atoms with Gasteiger partial charge in [-0.15, -0.1) is 11.8 Å². The highest BCUT2D eigenvalue weighted by Gasteiger charge is 2.35. The first-order valence-corrected chi connectivity index (χ1v) is 11.3. The fourth-order valence-electron chi connectivity index (χ4n) is 3.20. The second-order valence-electron chi connectivity index (χ2n) is 6.89. The van der Waals surface area contributed by atoms with Gasteiger partial charge < -0.3 is 19.7 Å². The molecule has 1 N–H and O–H groups in total. The Bertz CT molecular complexity index is 975. The molecule has 1 aliphatic rings. The minimum Gasteiger partial charge on any atom is -0.462 e. The molecular weight excluding hydrogens is 432 g/mol. The Balaban J connectivity index is 1.83. The van der Waals surface area contributed by atoms with Crippen LogP contribution in [-0.2, 0) is 14.3 Å². The van der Waals surface area contributed by atoms with Crippen molar-refractivity contribution in [2.45, 2.75) is 19.9 Å². The molecule has 2 aromatic carbocycles. The predicted molar refractivity (Wildman–Crippen MR) is 121 cm³/mol. The molecule has 0 bridgehead atoms. The Morgan fingerprint density at radius 2 is 1.53 bits per heavy atom. The minimum atomic E-state index is -0.690. The maximum Gasteiger partial charge on any atom is 0.338 e. The van der Waals surface area contributed by atoms with Crippen LogP contribution in [0.25, 0.3) is 0 Å². The Kier molecular flexibility index (Phi) is 7.88. The molecule has 0 aliphatic carbocycles. The van der Waals surface area contributed by atoms with Gasteiger partial charge in [0.15, 0.2) is 0 Å². The van der Waals surface area contributed by atoms with Gasteiger partial charge in [0.25, 0.3) is 5.91 Å². The van der Waals surface area contributed by atoms with Crippen LogP contribution in [0.1, 0.15) is 44.9 Å². The number of rotatable bonds is 7. The van der Waals surface area contributed by atoms with Crippen molar-refractivity contribution < 1.29 is 28.7 Å². The summed E-state index contributed by atoms with van der Waals surface area (Å²) in [5, 5.41) is 2.73. The lowest BCUT2D eigenvalue weighted by Crippen LogP contribution is -2.44. The van der Waals surface area contributed by atoms with Crippen LogP contribution in [0.15, 0.2) is 48.5 Å². The summed E-state index contributed by atoms with van der Waals surface area (Å²) in [4.78, 5) is 51.8. The topological polar surface area (TPSA) is 102 Å². The summed E-state index contributed by atoms with van der Waals surface area (Å²) in [5.41, 5.74) is 0.978. The Labute approximate surface area is 190 Å². The Hall–Kier alpha value is -3.33. The number of nitrogens with one attached hydrogen (secondary N) is 1. The van der Waals surface area contributed by atoms with Gasteiger partial charge in [0.2, 0.25) is 5.91 Å². The fourth-order valence-corrected chi connectivity index (χ4v) is 4.35. The predicted octanol–water partition coefficient (Wildman–Crippen LogP) is 3.19. The second kappa shape index (κ2) is 10.8. The molecule has 1 heterocycles. The van der Waals surface area contributed by atoms with Crippen molar-refractivity contribution in [3.05, 3.63) is 65.2 Å². The first-order valence-electron chi connectivity index (χ1n) is 10.2. The molecule has 0 radical (unpaired) electrons. The molecule has 2 aromatic rings. The van der Waals surface area contributed by atoms with E-state index >= 15 is 0 Å². The first kappa shape index (κ1) is 23.3. The van der Waals surface area contributed by atoms with Crippen molar-refractivity contribution in [2.75, 3.05) is 30.2 Å². The van der Waals surface area contributed by atoms with Crippen molar-refractivity contribution >= 4 is 41.2 Å². The third-order valence-corrected chi connectivity index (χ3v) is 5.70. The summed E-state index contributed by atoms with van der Waals surface area (Å²) in [7, 11) is 0. The van der Waals surface area contributed by atoms with Crippen LogP contribution in [0.2, 0.25) is 0 Å². The van der Waals surface area contributed by atoms with Gasteiger partial charge in [-0.1, -0.05) is 18.2 Å². The SMILES string of the molecule is CCOC(=O)c1cc(NC(=O)[C@@H]2CSCN2C(=O)c2ccccc2)cc(C(=O)OCC)c1. The molecule has 1 fully saturated rings. The Morgan fingerprint density at radius 1 is 0.938 bits per heavy atom. The fraction of sp³-hybridized carbons (Fsp3) is 0.304. The zero-order valence-electron chi connectivity index (χ0n) is 17.8. The lowest BCUT2D eigenvalue weighted by atomic mass is 10.1. The molecule has 1 aliphatic heterocycles. The quantitative estimate of drug-likeness (QED) is 0.639. The number of anilines is 1. The van der Waals surface area contributed by atoms with E-state index < -0.39 is 23.9 Å². The molecular formula is C23H24N2O6S. The van der Waals surface area contributed by atoms with Crippen molar-refractivity contribution in [3.8, 4) is 0 Å². The third-order valence-electron chi connectivity index (χ3n) is 4.69. The molecule has 9 heteroatoms. The van der Waals surface area contributed by atoms with Crippen molar-refractivity contribution in [3.63, 3.8) is 0 Å². The molecule has 0 aromatic heterocycles. The van der Waals surface area contributed by atoms with Crippen molar-refractivity contribution in [1.29, 1.82) is 0 Å². The summed E-state index contributed by atoms with van der Waals surface area (Å²) in [6, 6.07) is 12.3. The van der Waals surface area contributed by atoms with Crippen LogP contribution >= 0.6 is 11.8 Å². The molecule has 0 spiro atoms. The molecule has 1 atom stereocenters. The molecule has 32 heavy (non-hydrogen) atoms. The third kappa shape index (κ3) is 5.47. The van der Waals surface area contributed by atoms with E-state index in [9.17, 15) is 19.2 Å².